The molecule has 1 saturated carbocycles. The monoisotopic (exact) mass is 589 g/mol. The molecule has 38 heavy (non-hydrogen) atoms. The summed E-state index contributed by atoms with van der Waals surface area (Å²) < 4.78 is 56.3. The van der Waals surface area contributed by atoms with Crippen LogP contribution in [-0.2, 0) is 30.3 Å². The molecule has 2 atom stereocenters. The highest BCUT2D eigenvalue weighted by molar-refractivity contribution is 8.09. The summed E-state index contributed by atoms with van der Waals surface area (Å²) in [6, 6.07) is 6.29. The van der Waals surface area contributed by atoms with Gasteiger partial charge in [0.05, 0.1) is 34.5 Å². The van der Waals surface area contributed by atoms with Crippen molar-refractivity contribution < 1.29 is 26.4 Å². The van der Waals surface area contributed by atoms with Crippen molar-refractivity contribution in [2.75, 3.05) is 21.5 Å². The average molecular weight is 590 g/mol. The number of alkyl carbamates (subject to hydrolysis) is 1. The number of hydrogen-bond donors (Lipinski definition) is 2. The van der Waals surface area contributed by atoms with Crippen LogP contribution in [0.25, 0.3) is 0 Å². The van der Waals surface area contributed by atoms with Crippen molar-refractivity contribution >= 4 is 54.9 Å². The first-order valence-electron chi connectivity index (χ1n) is 12.2. The Kier molecular flexibility index (Phi) is 8.64. The SMILES string of the molecule is CC(C)NC(=O)O[C@@H]1CC[C@H](c2cc(Nc3ccc(N(S(C)(=O)=O)S(C)(=O)=O)c(Cl)c3)n(C(C)(C)C)n2)C1. The number of aromatic nitrogens is 2. The molecular weight excluding hydrogens is 554 g/mol. The van der Waals surface area contributed by atoms with Gasteiger partial charge in [-0.1, -0.05) is 11.6 Å². The molecule has 2 aromatic rings. The summed E-state index contributed by atoms with van der Waals surface area (Å²) in [7, 11) is -8.26. The molecule has 212 valence electrons. The minimum absolute atomic E-state index is 0.000733. The topological polar surface area (TPSA) is 140 Å². The summed E-state index contributed by atoms with van der Waals surface area (Å²) in [5, 5.41) is 10.8. The van der Waals surface area contributed by atoms with Crippen molar-refractivity contribution in [1.29, 1.82) is 0 Å². The number of sulfonamides is 2. The van der Waals surface area contributed by atoms with Crippen molar-refractivity contribution in [3.8, 4) is 0 Å². The van der Waals surface area contributed by atoms with Gasteiger partial charge < -0.3 is 15.4 Å². The average Bonchev–Trinajstić information content (AvgIpc) is 3.34. The maximum absolute atomic E-state index is 12.1. The zero-order valence-corrected chi connectivity index (χ0v) is 25.0. The van der Waals surface area contributed by atoms with Gasteiger partial charge in [-0.25, -0.2) is 26.3 Å². The minimum Gasteiger partial charge on any atom is -0.446 e. The third kappa shape index (κ3) is 7.32. The fourth-order valence-corrected chi connectivity index (χ4v) is 7.79. The van der Waals surface area contributed by atoms with E-state index in [1.165, 1.54) is 12.1 Å². The maximum atomic E-state index is 12.1. The molecule has 14 heteroatoms. The van der Waals surface area contributed by atoms with Crippen molar-refractivity contribution in [2.24, 2.45) is 0 Å². The number of rotatable bonds is 8. The van der Waals surface area contributed by atoms with Gasteiger partial charge in [-0.15, -0.1) is 0 Å². The predicted octanol–water partition coefficient (Wildman–Crippen LogP) is 4.53. The molecule has 0 unspecified atom stereocenters. The molecule has 0 saturated heterocycles. The molecule has 1 amide bonds. The van der Waals surface area contributed by atoms with Crippen LogP contribution in [0.15, 0.2) is 24.3 Å². The molecule has 1 aromatic heterocycles. The van der Waals surface area contributed by atoms with Gasteiger partial charge in [0.1, 0.15) is 11.9 Å². The number of amides is 1. The van der Waals surface area contributed by atoms with Crippen molar-refractivity contribution in [2.45, 2.75) is 77.5 Å². The highest BCUT2D eigenvalue weighted by Gasteiger charge is 2.33. The van der Waals surface area contributed by atoms with Gasteiger partial charge in [-0.2, -0.15) is 8.81 Å². The molecule has 0 bridgehead atoms. The molecule has 0 spiro atoms. The number of carbonyl (C=O) groups excluding carboxylic acids is 1. The van der Waals surface area contributed by atoms with Crippen LogP contribution in [-0.4, -0.2) is 57.4 Å². The van der Waals surface area contributed by atoms with E-state index >= 15 is 0 Å². The van der Waals surface area contributed by atoms with E-state index < -0.39 is 26.1 Å². The van der Waals surface area contributed by atoms with Gasteiger partial charge in [-0.3, -0.25) is 0 Å². The van der Waals surface area contributed by atoms with Gasteiger partial charge in [0.15, 0.2) is 0 Å². The maximum Gasteiger partial charge on any atom is 0.407 e. The van der Waals surface area contributed by atoms with E-state index in [4.69, 9.17) is 21.4 Å². The number of carbonyl (C=O) groups is 1. The van der Waals surface area contributed by atoms with Gasteiger partial charge in [-0.05, 0) is 72.1 Å². The van der Waals surface area contributed by atoms with Crippen molar-refractivity contribution in [3.63, 3.8) is 0 Å². The largest absolute Gasteiger partial charge is 0.446 e. The Labute approximate surface area is 230 Å². The highest BCUT2D eigenvalue weighted by Crippen LogP contribution is 2.39. The normalized spacial score (nSPS) is 18.4. The Morgan fingerprint density at radius 3 is 2.29 bits per heavy atom. The van der Waals surface area contributed by atoms with E-state index in [2.05, 4.69) is 10.6 Å². The van der Waals surface area contributed by atoms with Crippen LogP contribution in [0, 0.1) is 0 Å². The molecule has 3 rings (SSSR count). The second-order valence-corrected chi connectivity index (χ2v) is 15.2. The van der Waals surface area contributed by atoms with Gasteiger partial charge >= 0.3 is 6.09 Å². The summed E-state index contributed by atoms with van der Waals surface area (Å²) in [4.78, 5) is 12.0. The highest BCUT2D eigenvalue weighted by atomic mass is 35.5. The number of hydrogen-bond acceptors (Lipinski definition) is 8. The second kappa shape index (κ2) is 10.9. The number of ether oxygens (including phenoxy) is 1. The summed E-state index contributed by atoms with van der Waals surface area (Å²) in [6.07, 6.45) is 3.24. The first-order chi connectivity index (χ1) is 17.4. The van der Waals surface area contributed by atoms with E-state index in [0.29, 0.717) is 21.6 Å². The molecule has 1 aliphatic rings. The third-order valence-corrected chi connectivity index (χ3v) is 9.39. The van der Waals surface area contributed by atoms with Gasteiger partial charge in [0.2, 0.25) is 20.0 Å². The number of nitrogens with zero attached hydrogens (tertiary/aromatic N) is 3. The molecule has 1 heterocycles. The number of anilines is 3. The van der Waals surface area contributed by atoms with E-state index in [0.717, 1.165) is 31.0 Å². The molecule has 2 N–H and O–H groups in total. The van der Waals surface area contributed by atoms with Gasteiger partial charge in [0.25, 0.3) is 0 Å². The Morgan fingerprint density at radius 1 is 1.13 bits per heavy atom. The second-order valence-electron chi connectivity index (χ2n) is 10.9. The summed E-state index contributed by atoms with van der Waals surface area (Å²) >= 11 is 6.35. The standard InChI is InChI=1S/C24H36ClN5O6S2/c1-15(2)26-23(31)36-18-10-8-16(12-18)20-14-22(29(28-20)24(3,4)5)27-17-9-11-21(19(25)13-17)30(37(6,32)33)38(7,34)35/h9,11,13-16,18,27H,8,10,12H2,1-7H3,(H,26,31)/t16-,18+/m0/s1. The molecule has 0 aliphatic heterocycles. The number of halogens is 1. The Bertz CT molecular complexity index is 1370. The Hall–Kier alpha value is -2.51. The predicted molar refractivity (Wildman–Crippen MR) is 149 cm³/mol. The lowest BCUT2D eigenvalue weighted by Crippen LogP contribution is -2.35. The third-order valence-electron chi connectivity index (χ3n) is 5.87. The van der Waals surface area contributed by atoms with Crippen LogP contribution in [0.1, 0.15) is 65.5 Å². The molecular formula is C24H36ClN5O6S2. The lowest BCUT2D eigenvalue weighted by Gasteiger charge is -2.24. The van der Waals surface area contributed by atoms with Crippen LogP contribution in [0.2, 0.25) is 5.02 Å². The van der Waals surface area contributed by atoms with Crippen LogP contribution in [0.3, 0.4) is 0 Å². The fraction of sp³-hybridized carbons (Fsp3) is 0.583. The Balaban J connectivity index is 1.86. The van der Waals surface area contributed by atoms with E-state index in [1.54, 1.807) is 6.07 Å². The summed E-state index contributed by atoms with van der Waals surface area (Å²) in [6.45, 7) is 9.79. The minimum atomic E-state index is -4.13. The lowest BCUT2D eigenvalue weighted by molar-refractivity contribution is 0.0981. The smallest absolute Gasteiger partial charge is 0.407 e. The summed E-state index contributed by atoms with van der Waals surface area (Å²) in [5.74, 6) is 0.793. The fourth-order valence-electron chi connectivity index (χ4n) is 4.42. The van der Waals surface area contributed by atoms with E-state index in [9.17, 15) is 21.6 Å². The first kappa shape index (κ1) is 30.0. The zero-order chi connectivity index (χ0) is 28.6. The summed E-state index contributed by atoms with van der Waals surface area (Å²) in [5.41, 5.74) is 0.849. The molecule has 1 aliphatic carbocycles. The van der Waals surface area contributed by atoms with Crippen LogP contribution >= 0.6 is 11.6 Å². The molecule has 0 radical (unpaired) electrons. The quantitative estimate of drug-likeness (QED) is 0.458. The van der Waals surface area contributed by atoms with Gasteiger partial charge in [0, 0.05) is 23.7 Å². The molecule has 11 nitrogen and oxygen atoms in total. The molecule has 1 aromatic carbocycles. The first-order valence-corrected chi connectivity index (χ1v) is 16.3. The van der Waals surface area contributed by atoms with Crippen molar-refractivity contribution in [1.82, 2.24) is 15.1 Å². The van der Waals surface area contributed by atoms with Crippen LogP contribution < -0.4 is 14.3 Å². The molecule has 1 fully saturated rings. The van der Waals surface area contributed by atoms with E-state index in [1.807, 2.05) is 45.4 Å². The Morgan fingerprint density at radius 2 is 1.76 bits per heavy atom. The number of nitrogens with one attached hydrogen (secondary N) is 2. The van der Waals surface area contributed by atoms with Crippen LogP contribution in [0.5, 0.6) is 0 Å². The van der Waals surface area contributed by atoms with Crippen LogP contribution in [0.4, 0.5) is 22.0 Å². The van der Waals surface area contributed by atoms with E-state index in [-0.39, 0.29) is 34.3 Å². The number of benzene rings is 1. The lowest BCUT2D eigenvalue weighted by atomic mass is 10.0. The van der Waals surface area contributed by atoms with Crippen molar-refractivity contribution in [3.05, 3.63) is 35.0 Å². The zero-order valence-electron chi connectivity index (χ0n) is 22.6.